The van der Waals surface area contributed by atoms with Gasteiger partial charge in [0.15, 0.2) is 6.04 Å². The summed E-state index contributed by atoms with van der Waals surface area (Å²) in [5.74, 6) is -1.63. The number of hydrogen-bond acceptors (Lipinski definition) is 5. The molecule has 5 rings (SSSR count). The van der Waals surface area contributed by atoms with Crippen molar-refractivity contribution in [2.75, 3.05) is 0 Å². The second-order valence-corrected chi connectivity index (χ2v) is 9.01. The topological polar surface area (TPSA) is 110 Å². The summed E-state index contributed by atoms with van der Waals surface area (Å²) in [5.41, 5.74) is 4.85. The van der Waals surface area contributed by atoms with E-state index in [0.29, 0.717) is 22.3 Å². The first-order valence-electron chi connectivity index (χ1n) is 11.9. The number of amides is 1. The van der Waals surface area contributed by atoms with Crippen molar-refractivity contribution in [2.24, 2.45) is 0 Å². The van der Waals surface area contributed by atoms with Crippen molar-refractivity contribution < 1.29 is 23.5 Å². The zero-order valence-electron chi connectivity index (χ0n) is 20.4. The third kappa shape index (κ3) is 4.51. The van der Waals surface area contributed by atoms with E-state index in [2.05, 4.69) is 5.32 Å². The molecule has 1 unspecified atom stereocenters. The Morgan fingerprint density at radius 2 is 1.59 bits per heavy atom. The molecule has 0 saturated carbocycles. The van der Waals surface area contributed by atoms with Crippen molar-refractivity contribution in [3.05, 3.63) is 106 Å². The lowest BCUT2D eigenvalue weighted by molar-refractivity contribution is -0.142. The number of aryl methyl sites for hydroxylation is 2. The molecule has 0 aliphatic heterocycles. The molecule has 0 fully saturated rings. The quantitative estimate of drug-likeness (QED) is 0.280. The van der Waals surface area contributed by atoms with Gasteiger partial charge in [-0.05, 0) is 43.0 Å². The molecule has 2 heterocycles. The zero-order valence-corrected chi connectivity index (χ0v) is 20.4. The Bertz CT molecular complexity index is 1680. The van der Waals surface area contributed by atoms with Gasteiger partial charge in [0.2, 0.25) is 5.91 Å². The van der Waals surface area contributed by atoms with Crippen LogP contribution in [0.1, 0.15) is 34.7 Å². The first-order valence-corrected chi connectivity index (χ1v) is 11.9. The highest BCUT2D eigenvalue weighted by Crippen LogP contribution is 2.37. The van der Waals surface area contributed by atoms with E-state index in [-0.39, 0.29) is 12.8 Å². The van der Waals surface area contributed by atoms with Crippen LogP contribution in [0.4, 0.5) is 0 Å². The van der Waals surface area contributed by atoms with Crippen LogP contribution in [0, 0.1) is 13.8 Å². The summed E-state index contributed by atoms with van der Waals surface area (Å²) in [4.78, 5) is 37.3. The number of carbonyl (C=O) groups excluding carboxylic acids is 1. The minimum absolute atomic E-state index is 0.0596. The third-order valence-corrected chi connectivity index (χ3v) is 6.71. The Balaban J connectivity index is 1.47. The molecule has 0 aliphatic carbocycles. The van der Waals surface area contributed by atoms with Gasteiger partial charge in [-0.2, -0.15) is 0 Å². The fraction of sp³-hybridized carbons (Fsp3) is 0.167. The molecule has 2 N–H and O–H groups in total. The van der Waals surface area contributed by atoms with Crippen molar-refractivity contribution in [2.45, 2.75) is 32.7 Å². The molecule has 5 aromatic rings. The van der Waals surface area contributed by atoms with Crippen LogP contribution in [0.3, 0.4) is 0 Å². The summed E-state index contributed by atoms with van der Waals surface area (Å²) in [7, 11) is 0. The van der Waals surface area contributed by atoms with Crippen LogP contribution >= 0.6 is 0 Å². The Kier molecular flexibility index (Phi) is 6.36. The van der Waals surface area contributed by atoms with Crippen molar-refractivity contribution in [1.82, 2.24) is 5.32 Å². The molecule has 0 radical (unpaired) electrons. The van der Waals surface area contributed by atoms with E-state index in [0.717, 1.165) is 33.0 Å². The molecule has 186 valence electrons. The molecule has 7 nitrogen and oxygen atoms in total. The molecule has 0 aliphatic rings. The van der Waals surface area contributed by atoms with Crippen LogP contribution in [-0.4, -0.2) is 17.0 Å². The minimum Gasteiger partial charge on any atom is -0.479 e. The number of carbonyl (C=O) groups is 2. The van der Waals surface area contributed by atoms with Gasteiger partial charge < -0.3 is 19.3 Å². The molecular formula is C30H25NO6. The van der Waals surface area contributed by atoms with Gasteiger partial charge in [0.25, 0.3) is 0 Å². The number of fused-ring (bicyclic) bond motifs is 2. The van der Waals surface area contributed by atoms with E-state index in [1.807, 2.05) is 50.2 Å². The average Bonchev–Trinajstić information content (AvgIpc) is 3.33. The number of nitrogens with one attached hydrogen (secondary N) is 1. The lowest BCUT2D eigenvalue weighted by Gasteiger charge is -2.15. The summed E-state index contributed by atoms with van der Waals surface area (Å²) in [6, 6.07) is 19.2. The normalized spacial score (nSPS) is 12.1. The molecule has 1 amide bonds. The summed E-state index contributed by atoms with van der Waals surface area (Å²) in [6.07, 6.45) is 1.76. The number of furan rings is 1. The van der Waals surface area contributed by atoms with E-state index >= 15 is 0 Å². The van der Waals surface area contributed by atoms with E-state index in [1.54, 1.807) is 36.6 Å². The van der Waals surface area contributed by atoms with Gasteiger partial charge in [-0.1, -0.05) is 60.7 Å². The van der Waals surface area contributed by atoms with Crippen LogP contribution in [0.15, 0.2) is 86.6 Å². The number of hydrogen-bond donors (Lipinski definition) is 2. The first-order chi connectivity index (χ1) is 17.8. The highest BCUT2D eigenvalue weighted by molar-refractivity contribution is 6.05. The van der Waals surface area contributed by atoms with E-state index in [4.69, 9.17) is 8.83 Å². The molecular weight excluding hydrogens is 470 g/mol. The first kappa shape index (κ1) is 24.1. The molecule has 0 saturated heterocycles. The predicted octanol–water partition coefficient (Wildman–Crippen LogP) is 5.70. The molecule has 1 atom stereocenters. The second kappa shape index (κ2) is 9.78. The van der Waals surface area contributed by atoms with Gasteiger partial charge in [0.1, 0.15) is 11.2 Å². The fourth-order valence-electron chi connectivity index (χ4n) is 4.73. The molecule has 0 bridgehead atoms. The lowest BCUT2D eigenvalue weighted by Crippen LogP contribution is -2.34. The SMILES string of the molecule is Cc1c(CCC(=O)NC(C(=O)O)c2ccccc2)c(=O)oc2c(C)c3occ(-c4ccccc4)c3cc12. The molecule has 3 aromatic carbocycles. The summed E-state index contributed by atoms with van der Waals surface area (Å²) in [5, 5.41) is 13.8. The number of benzene rings is 3. The van der Waals surface area contributed by atoms with Gasteiger partial charge in [0.05, 0.1) is 6.26 Å². The maximum atomic E-state index is 12.9. The maximum Gasteiger partial charge on any atom is 0.339 e. The highest BCUT2D eigenvalue weighted by atomic mass is 16.4. The van der Waals surface area contributed by atoms with E-state index < -0.39 is 23.5 Å². The standard InChI is InChI=1S/C30H25NO6/c1-17-21(13-14-25(32)31-26(29(33)34)20-11-7-4-8-12-20)30(35)37-28-18(2)27-23(15-22(17)28)24(16-36-27)19-9-5-3-6-10-19/h3-12,15-16,26H,13-14H2,1-2H3,(H,31,32)(H,33,34). The Hall–Kier alpha value is -4.65. The molecule has 37 heavy (non-hydrogen) atoms. The monoisotopic (exact) mass is 495 g/mol. The average molecular weight is 496 g/mol. The third-order valence-electron chi connectivity index (χ3n) is 6.71. The molecule has 7 heteroatoms. The van der Waals surface area contributed by atoms with Crippen molar-refractivity contribution in [1.29, 1.82) is 0 Å². The van der Waals surface area contributed by atoms with Crippen LogP contribution in [0.5, 0.6) is 0 Å². The Labute approximate surface area is 212 Å². The number of carboxylic acids is 1. The minimum atomic E-state index is -1.17. The Morgan fingerprint density at radius 1 is 0.919 bits per heavy atom. The van der Waals surface area contributed by atoms with E-state index in [1.165, 1.54) is 0 Å². The van der Waals surface area contributed by atoms with Crippen LogP contribution < -0.4 is 10.9 Å². The van der Waals surface area contributed by atoms with Gasteiger partial charge in [0, 0.05) is 33.9 Å². The Morgan fingerprint density at radius 3 is 2.27 bits per heavy atom. The zero-order chi connectivity index (χ0) is 26.1. The highest BCUT2D eigenvalue weighted by Gasteiger charge is 2.23. The van der Waals surface area contributed by atoms with Gasteiger partial charge in [-0.15, -0.1) is 0 Å². The van der Waals surface area contributed by atoms with Crippen molar-refractivity contribution >= 4 is 33.8 Å². The summed E-state index contributed by atoms with van der Waals surface area (Å²) >= 11 is 0. The lowest BCUT2D eigenvalue weighted by atomic mass is 9.96. The van der Waals surface area contributed by atoms with Crippen LogP contribution in [0.2, 0.25) is 0 Å². The number of aliphatic carboxylic acids is 1. The predicted molar refractivity (Wildman–Crippen MR) is 140 cm³/mol. The van der Waals surface area contributed by atoms with Gasteiger partial charge in [-0.25, -0.2) is 9.59 Å². The number of rotatable bonds is 7. The van der Waals surface area contributed by atoms with Gasteiger partial charge >= 0.3 is 11.6 Å². The van der Waals surface area contributed by atoms with Crippen molar-refractivity contribution in [3.63, 3.8) is 0 Å². The summed E-state index contributed by atoms with van der Waals surface area (Å²) < 4.78 is 11.6. The maximum absolute atomic E-state index is 12.9. The molecule has 2 aromatic heterocycles. The molecule has 0 spiro atoms. The van der Waals surface area contributed by atoms with E-state index in [9.17, 15) is 19.5 Å². The fourth-order valence-corrected chi connectivity index (χ4v) is 4.73. The van der Waals surface area contributed by atoms with Crippen LogP contribution in [0.25, 0.3) is 33.1 Å². The summed E-state index contributed by atoms with van der Waals surface area (Å²) in [6.45, 7) is 3.69. The van der Waals surface area contributed by atoms with Crippen molar-refractivity contribution in [3.8, 4) is 11.1 Å². The largest absolute Gasteiger partial charge is 0.479 e. The number of carboxylic acid groups (broad SMARTS) is 1. The van der Waals surface area contributed by atoms with Crippen LogP contribution in [-0.2, 0) is 16.0 Å². The van der Waals surface area contributed by atoms with Gasteiger partial charge in [-0.3, -0.25) is 4.79 Å². The smallest absolute Gasteiger partial charge is 0.339 e. The second-order valence-electron chi connectivity index (χ2n) is 9.01.